The van der Waals surface area contributed by atoms with Crippen molar-refractivity contribution in [2.24, 2.45) is 10.9 Å². The number of hydrogen-bond acceptors (Lipinski definition) is 3. The standard InChI is InChI=1S/C17H31N5/c1-6-14(7-2)12-20-17(18-8-3)21-13-15-9-10-19-16(11-15)22(4)5/h9-11,14H,6-8,12-13H2,1-5H3,(H2,18,20,21). The van der Waals surface area contributed by atoms with Crippen LogP contribution in [0.15, 0.2) is 23.3 Å². The van der Waals surface area contributed by atoms with Crippen LogP contribution in [-0.4, -0.2) is 38.1 Å². The van der Waals surface area contributed by atoms with Crippen LogP contribution in [-0.2, 0) is 6.54 Å². The Morgan fingerprint density at radius 1 is 1.23 bits per heavy atom. The van der Waals surface area contributed by atoms with Gasteiger partial charge in [-0.05, 0) is 30.5 Å². The Bertz CT molecular complexity index is 452. The van der Waals surface area contributed by atoms with Gasteiger partial charge in [-0.3, -0.25) is 0 Å². The Labute approximate surface area is 135 Å². The molecule has 0 aliphatic rings. The highest BCUT2D eigenvalue weighted by molar-refractivity contribution is 5.79. The van der Waals surface area contributed by atoms with Crippen molar-refractivity contribution in [2.75, 3.05) is 32.1 Å². The molecule has 0 aliphatic heterocycles. The summed E-state index contributed by atoms with van der Waals surface area (Å²) in [5.74, 6) is 2.55. The van der Waals surface area contributed by atoms with Gasteiger partial charge in [0.05, 0.1) is 6.54 Å². The lowest BCUT2D eigenvalue weighted by Gasteiger charge is -2.16. The van der Waals surface area contributed by atoms with Crippen LogP contribution in [0.25, 0.3) is 0 Å². The fourth-order valence-corrected chi connectivity index (χ4v) is 2.13. The van der Waals surface area contributed by atoms with Crippen molar-refractivity contribution in [3.8, 4) is 0 Å². The predicted molar refractivity (Wildman–Crippen MR) is 95.5 cm³/mol. The molecule has 0 aliphatic carbocycles. The Kier molecular flexibility index (Phi) is 8.33. The minimum atomic E-state index is 0.654. The van der Waals surface area contributed by atoms with E-state index in [1.165, 1.54) is 18.4 Å². The fourth-order valence-electron chi connectivity index (χ4n) is 2.13. The van der Waals surface area contributed by atoms with Gasteiger partial charge in [0.2, 0.25) is 0 Å². The van der Waals surface area contributed by atoms with Crippen molar-refractivity contribution in [2.45, 2.75) is 40.2 Å². The molecule has 124 valence electrons. The van der Waals surface area contributed by atoms with Crippen molar-refractivity contribution in [3.05, 3.63) is 23.9 Å². The number of nitrogens with zero attached hydrogens (tertiary/aromatic N) is 3. The Morgan fingerprint density at radius 3 is 2.55 bits per heavy atom. The van der Waals surface area contributed by atoms with Gasteiger partial charge in [0.1, 0.15) is 5.82 Å². The second-order valence-corrected chi connectivity index (χ2v) is 5.68. The fraction of sp³-hybridized carbons (Fsp3) is 0.647. The van der Waals surface area contributed by atoms with Gasteiger partial charge in [-0.15, -0.1) is 0 Å². The van der Waals surface area contributed by atoms with Gasteiger partial charge in [-0.2, -0.15) is 0 Å². The molecular formula is C17H31N5. The zero-order valence-corrected chi connectivity index (χ0v) is 14.7. The van der Waals surface area contributed by atoms with Crippen molar-refractivity contribution in [1.29, 1.82) is 0 Å². The van der Waals surface area contributed by atoms with E-state index in [-0.39, 0.29) is 0 Å². The Balaban J connectivity index is 2.66. The quantitative estimate of drug-likeness (QED) is 0.573. The topological polar surface area (TPSA) is 52.6 Å². The van der Waals surface area contributed by atoms with E-state index in [2.05, 4.69) is 47.4 Å². The summed E-state index contributed by atoms with van der Waals surface area (Å²) in [5.41, 5.74) is 1.17. The largest absolute Gasteiger partial charge is 0.363 e. The lowest BCUT2D eigenvalue weighted by Crippen LogP contribution is -2.39. The van der Waals surface area contributed by atoms with Gasteiger partial charge in [-0.25, -0.2) is 9.98 Å². The van der Waals surface area contributed by atoms with Gasteiger partial charge < -0.3 is 15.5 Å². The molecule has 22 heavy (non-hydrogen) atoms. The summed E-state index contributed by atoms with van der Waals surface area (Å²) < 4.78 is 0. The van der Waals surface area contributed by atoms with Gasteiger partial charge >= 0.3 is 0 Å². The highest BCUT2D eigenvalue weighted by atomic mass is 15.2. The van der Waals surface area contributed by atoms with E-state index in [1.54, 1.807) is 0 Å². The SMILES string of the molecule is CCNC(=NCc1ccnc(N(C)C)c1)NCC(CC)CC. The smallest absolute Gasteiger partial charge is 0.191 e. The first kappa shape index (κ1) is 18.3. The summed E-state index contributed by atoms with van der Waals surface area (Å²) in [6.45, 7) is 9.05. The van der Waals surface area contributed by atoms with Crippen LogP contribution in [0.5, 0.6) is 0 Å². The summed E-state index contributed by atoms with van der Waals surface area (Å²) in [4.78, 5) is 11.0. The van der Waals surface area contributed by atoms with Crippen LogP contribution in [0.1, 0.15) is 39.2 Å². The molecule has 0 unspecified atom stereocenters. The number of anilines is 1. The van der Waals surface area contributed by atoms with Crippen molar-refractivity contribution in [1.82, 2.24) is 15.6 Å². The molecular weight excluding hydrogens is 274 g/mol. The van der Waals surface area contributed by atoms with E-state index in [1.807, 2.05) is 31.3 Å². The molecule has 1 rings (SSSR count). The summed E-state index contributed by atoms with van der Waals surface area (Å²) in [7, 11) is 3.99. The van der Waals surface area contributed by atoms with Gasteiger partial charge in [0.25, 0.3) is 0 Å². The van der Waals surface area contributed by atoms with Crippen molar-refractivity contribution >= 4 is 11.8 Å². The van der Waals surface area contributed by atoms with Gasteiger partial charge in [0, 0.05) is 33.4 Å². The zero-order chi connectivity index (χ0) is 16.4. The third-order valence-electron chi connectivity index (χ3n) is 3.74. The summed E-state index contributed by atoms with van der Waals surface area (Å²) >= 11 is 0. The highest BCUT2D eigenvalue weighted by Crippen LogP contribution is 2.10. The average molecular weight is 305 g/mol. The molecule has 0 saturated carbocycles. The summed E-state index contributed by atoms with van der Waals surface area (Å²) in [6.07, 6.45) is 4.23. The maximum atomic E-state index is 4.67. The molecule has 0 spiro atoms. The van der Waals surface area contributed by atoms with Crippen LogP contribution in [0, 0.1) is 5.92 Å². The first-order valence-corrected chi connectivity index (χ1v) is 8.25. The van der Waals surface area contributed by atoms with E-state index < -0.39 is 0 Å². The summed E-state index contributed by atoms with van der Waals surface area (Å²) in [6, 6.07) is 4.09. The molecule has 5 nitrogen and oxygen atoms in total. The monoisotopic (exact) mass is 305 g/mol. The molecule has 1 aromatic rings. The second kappa shape index (κ2) is 10.0. The molecule has 1 aromatic heterocycles. The molecule has 0 bridgehead atoms. The summed E-state index contributed by atoms with van der Waals surface area (Å²) in [5, 5.41) is 6.75. The minimum Gasteiger partial charge on any atom is -0.363 e. The van der Waals surface area contributed by atoms with E-state index in [0.29, 0.717) is 12.5 Å². The molecule has 0 radical (unpaired) electrons. The molecule has 5 heteroatoms. The van der Waals surface area contributed by atoms with E-state index in [0.717, 1.165) is 24.9 Å². The van der Waals surface area contributed by atoms with Gasteiger partial charge in [-0.1, -0.05) is 26.7 Å². The number of rotatable bonds is 8. The molecule has 0 amide bonds. The molecule has 2 N–H and O–H groups in total. The van der Waals surface area contributed by atoms with E-state index >= 15 is 0 Å². The maximum absolute atomic E-state index is 4.67. The average Bonchev–Trinajstić information content (AvgIpc) is 2.53. The van der Waals surface area contributed by atoms with Crippen molar-refractivity contribution < 1.29 is 0 Å². The molecule has 1 heterocycles. The minimum absolute atomic E-state index is 0.654. The Hall–Kier alpha value is -1.78. The predicted octanol–water partition coefficient (Wildman–Crippen LogP) is 2.64. The van der Waals surface area contributed by atoms with E-state index in [9.17, 15) is 0 Å². The van der Waals surface area contributed by atoms with Crippen LogP contribution in [0.4, 0.5) is 5.82 Å². The van der Waals surface area contributed by atoms with Gasteiger partial charge in [0.15, 0.2) is 5.96 Å². The van der Waals surface area contributed by atoms with Crippen LogP contribution in [0.3, 0.4) is 0 Å². The third-order valence-corrected chi connectivity index (χ3v) is 3.74. The lowest BCUT2D eigenvalue weighted by molar-refractivity contribution is 0.481. The molecule has 0 atom stereocenters. The number of aliphatic imine (C=N–C) groups is 1. The van der Waals surface area contributed by atoms with E-state index in [4.69, 9.17) is 0 Å². The Morgan fingerprint density at radius 2 is 1.95 bits per heavy atom. The van der Waals surface area contributed by atoms with Crippen LogP contribution in [0.2, 0.25) is 0 Å². The maximum Gasteiger partial charge on any atom is 0.191 e. The van der Waals surface area contributed by atoms with Crippen LogP contribution >= 0.6 is 0 Å². The second-order valence-electron chi connectivity index (χ2n) is 5.68. The highest BCUT2D eigenvalue weighted by Gasteiger charge is 2.05. The third kappa shape index (κ3) is 6.33. The molecule has 0 saturated heterocycles. The number of nitrogens with one attached hydrogen (secondary N) is 2. The molecule has 0 fully saturated rings. The number of aromatic nitrogens is 1. The van der Waals surface area contributed by atoms with Crippen LogP contribution < -0.4 is 15.5 Å². The molecule has 0 aromatic carbocycles. The number of guanidine groups is 1. The van der Waals surface area contributed by atoms with Crippen molar-refractivity contribution in [3.63, 3.8) is 0 Å². The number of hydrogen-bond donors (Lipinski definition) is 2. The lowest BCUT2D eigenvalue weighted by atomic mass is 10.0. The first-order valence-electron chi connectivity index (χ1n) is 8.25. The number of pyridine rings is 1. The zero-order valence-electron chi connectivity index (χ0n) is 14.7. The first-order chi connectivity index (χ1) is 10.6. The normalized spacial score (nSPS) is 11.6.